The molecule has 24 heavy (non-hydrogen) atoms. The van der Waals surface area contributed by atoms with Crippen LogP contribution in [0.4, 0.5) is 15.8 Å². The Morgan fingerprint density at radius 3 is 2.50 bits per heavy atom. The highest BCUT2D eigenvalue weighted by molar-refractivity contribution is 9.10. The molecule has 0 atom stereocenters. The number of halogens is 2. The molecule has 0 aliphatic rings. The molecule has 5 nitrogen and oxygen atoms in total. The first-order chi connectivity index (χ1) is 11.2. The average Bonchev–Trinajstić information content (AvgIpc) is 2.47. The fourth-order valence-corrected chi connectivity index (χ4v) is 3.38. The predicted molar refractivity (Wildman–Crippen MR) is 96.1 cm³/mol. The fraction of sp³-hybridized carbons (Fsp3) is 0.188. The second kappa shape index (κ2) is 7.31. The van der Waals surface area contributed by atoms with E-state index in [1.54, 1.807) is 37.3 Å². The summed E-state index contributed by atoms with van der Waals surface area (Å²) in [5.74, 6) is -1.25. The molecule has 2 aromatic carbocycles. The number of rotatable bonds is 5. The summed E-state index contributed by atoms with van der Waals surface area (Å²) >= 11 is 3.13. The van der Waals surface area contributed by atoms with Gasteiger partial charge in [-0.3, -0.25) is 9.10 Å². The number of para-hydroxylation sites is 1. The highest BCUT2D eigenvalue weighted by Crippen LogP contribution is 2.23. The van der Waals surface area contributed by atoms with Crippen molar-refractivity contribution < 1.29 is 17.6 Å². The molecule has 1 N–H and O–H groups in total. The summed E-state index contributed by atoms with van der Waals surface area (Å²) in [6.45, 7) is 1.30. The SMILES string of the molecule is Cc1ccccc1N(CC(=O)Nc1ccc(Br)cc1F)S(C)(=O)=O. The molecule has 128 valence electrons. The van der Waals surface area contributed by atoms with E-state index in [1.165, 1.54) is 12.1 Å². The molecule has 1 amide bonds. The first-order valence-electron chi connectivity index (χ1n) is 6.97. The van der Waals surface area contributed by atoms with Crippen molar-refractivity contribution in [3.63, 3.8) is 0 Å². The Kier molecular flexibility index (Phi) is 5.61. The zero-order valence-electron chi connectivity index (χ0n) is 13.1. The zero-order valence-corrected chi connectivity index (χ0v) is 15.5. The third kappa shape index (κ3) is 4.55. The molecule has 0 saturated heterocycles. The van der Waals surface area contributed by atoms with E-state index in [4.69, 9.17) is 0 Å². The summed E-state index contributed by atoms with van der Waals surface area (Å²) in [4.78, 5) is 12.2. The molecule has 2 aromatic rings. The Balaban J connectivity index is 2.24. The molecule has 0 bridgehead atoms. The minimum absolute atomic E-state index is 0.0126. The second-order valence-electron chi connectivity index (χ2n) is 5.23. The number of hydrogen-bond acceptors (Lipinski definition) is 3. The van der Waals surface area contributed by atoms with Crippen LogP contribution in [0.25, 0.3) is 0 Å². The molecular weight excluding hydrogens is 399 g/mol. The van der Waals surface area contributed by atoms with Crippen LogP contribution in [0.3, 0.4) is 0 Å². The standard InChI is InChI=1S/C16H16BrFN2O3S/c1-11-5-3-4-6-15(11)20(24(2,22)23)10-16(21)19-14-8-7-12(17)9-13(14)18/h3-9H,10H2,1-2H3,(H,19,21). The van der Waals surface area contributed by atoms with Crippen LogP contribution in [-0.2, 0) is 14.8 Å². The Morgan fingerprint density at radius 2 is 1.92 bits per heavy atom. The fourth-order valence-electron chi connectivity index (χ4n) is 2.14. The van der Waals surface area contributed by atoms with Crippen LogP contribution >= 0.6 is 15.9 Å². The van der Waals surface area contributed by atoms with Crippen LogP contribution < -0.4 is 9.62 Å². The molecule has 2 rings (SSSR count). The van der Waals surface area contributed by atoms with Gasteiger partial charge < -0.3 is 5.32 Å². The van der Waals surface area contributed by atoms with Crippen molar-refractivity contribution in [3.8, 4) is 0 Å². The quantitative estimate of drug-likeness (QED) is 0.815. The van der Waals surface area contributed by atoms with Crippen LogP contribution in [0.1, 0.15) is 5.56 Å². The summed E-state index contributed by atoms with van der Waals surface area (Å²) in [5.41, 5.74) is 1.11. The van der Waals surface area contributed by atoms with E-state index in [-0.39, 0.29) is 5.69 Å². The maximum absolute atomic E-state index is 13.8. The molecule has 0 fully saturated rings. The largest absolute Gasteiger partial charge is 0.322 e. The van der Waals surface area contributed by atoms with Crippen molar-refractivity contribution in [1.29, 1.82) is 0 Å². The topological polar surface area (TPSA) is 66.5 Å². The highest BCUT2D eigenvalue weighted by atomic mass is 79.9. The zero-order chi connectivity index (χ0) is 17.9. The Bertz CT molecular complexity index is 871. The molecular formula is C16H16BrFN2O3S. The van der Waals surface area contributed by atoms with Gasteiger partial charge in [-0.2, -0.15) is 0 Å². The third-order valence-corrected chi connectivity index (χ3v) is 4.90. The van der Waals surface area contributed by atoms with Gasteiger partial charge in [-0.25, -0.2) is 12.8 Å². The van der Waals surface area contributed by atoms with Crippen molar-refractivity contribution in [2.45, 2.75) is 6.92 Å². The van der Waals surface area contributed by atoms with Gasteiger partial charge in [0.05, 0.1) is 17.6 Å². The molecule has 0 saturated carbocycles. The van der Waals surface area contributed by atoms with E-state index in [0.717, 1.165) is 10.6 Å². The number of hydrogen-bond donors (Lipinski definition) is 1. The molecule has 0 aliphatic heterocycles. The molecule has 0 aliphatic carbocycles. The molecule has 0 spiro atoms. The van der Waals surface area contributed by atoms with Crippen LogP contribution in [0.15, 0.2) is 46.9 Å². The van der Waals surface area contributed by atoms with Gasteiger partial charge in [0.2, 0.25) is 15.9 Å². The lowest BCUT2D eigenvalue weighted by Gasteiger charge is -2.23. The number of nitrogens with zero attached hydrogens (tertiary/aromatic N) is 1. The Hall–Kier alpha value is -1.93. The maximum Gasteiger partial charge on any atom is 0.245 e. The van der Waals surface area contributed by atoms with Gasteiger partial charge in [-0.05, 0) is 36.8 Å². The number of sulfonamides is 1. The lowest BCUT2D eigenvalue weighted by atomic mass is 10.2. The summed E-state index contributed by atoms with van der Waals surface area (Å²) in [5, 5.41) is 2.39. The van der Waals surface area contributed by atoms with Crippen molar-refractivity contribution in [1.82, 2.24) is 0 Å². The van der Waals surface area contributed by atoms with Crippen LogP contribution in [0.2, 0.25) is 0 Å². The van der Waals surface area contributed by atoms with Crippen LogP contribution in [0.5, 0.6) is 0 Å². The molecule has 0 radical (unpaired) electrons. The van der Waals surface area contributed by atoms with Crippen molar-refractivity contribution in [3.05, 3.63) is 58.3 Å². The van der Waals surface area contributed by atoms with Gasteiger partial charge in [0.15, 0.2) is 0 Å². The normalized spacial score (nSPS) is 11.2. The van der Waals surface area contributed by atoms with Crippen LogP contribution in [-0.4, -0.2) is 27.1 Å². The first-order valence-corrected chi connectivity index (χ1v) is 9.61. The molecule has 0 heterocycles. The third-order valence-electron chi connectivity index (χ3n) is 3.28. The number of carbonyl (C=O) groups excluding carboxylic acids is 1. The van der Waals surface area contributed by atoms with E-state index in [9.17, 15) is 17.6 Å². The minimum Gasteiger partial charge on any atom is -0.322 e. The van der Waals surface area contributed by atoms with Gasteiger partial charge >= 0.3 is 0 Å². The minimum atomic E-state index is -3.67. The van der Waals surface area contributed by atoms with Gasteiger partial charge in [-0.15, -0.1) is 0 Å². The average molecular weight is 415 g/mol. The van der Waals surface area contributed by atoms with Gasteiger partial charge in [0.1, 0.15) is 12.4 Å². The molecule has 8 heteroatoms. The number of carbonyl (C=O) groups is 1. The first kappa shape index (κ1) is 18.4. The summed E-state index contributed by atoms with van der Waals surface area (Å²) < 4.78 is 39.4. The highest BCUT2D eigenvalue weighted by Gasteiger charge is 2.22. The number of anilines is 2. The summed E-state index contributed by atoms with van der Waals surface area (Å²) in [6, 6.07) is 11.0. The lowest BCUT2D eigenvalue weighted by molar-refractivity contribution is -0.114. The maximum atomic E-state index is 13.8. The van der Waals surface area contributed by atoms with Crippen LogP contribution in [0, 0.1) is 12.7 Å². The smallest absolute Gasteiger partial charge is 0.245 e. The van der Waals surface area contributed by atoms with E-state index in [2.05, 4.69) is 21.2 Å². The van der Waals surface area contributed by atoms with Gasteiger partial charge in [0, 0.05) is 4.47 Å². The lowest BCUT2D eigenvalue weighted by Crippen LogP contribution is -2.38. The van der Waals surface area contributed by atoms with E-state index >= 15 is 0 Å². The van der Waals surface area contributed by atoms with E-state index < -0.39 is 28.3 Å². The predicted octanol–water partition coefficient (Wildman–Crippen LogP) is 3.30. The van der Waals surface area contributed by atoms with Gasteiger partial charge in [-0.1, -0.05) is 34.1 Å². The number of aryl methyl sites for hydroxylation is 1. The monoisotopic (exact) mass is 414 g/mol. The Morgan fingerprint density at radius 1 is 1.25 bits per heavy atom. The number of benzene rings is 2. The number of nitrogens with one attached hydrogen (secondary N) is 1. The van der Waals surface area contributed by atoms with E-state index in [0.29, 0.717) is 15.7 Å². The number of amides is 1. The Labute approximate surface area is 148 Å². The molecule has 0 unspecified atom stereocenters. The summed E-state index contributed by atoms with van der Waals surface area (Å²) in [7, 11) is -3.67. The van der Waals surface area contributed by atoms with Crippen molar-refractivity contribution in [2.75, 3.05) is 22.4 Å². The van der Waals surface area contributed by atoms with Crippen molar-refractivity contribution >= 4 is 43.2 Å². The van der Waals surface area contributed by atoms with Crippen molar-refractivity contribution in [2.24, 2.45) is 0 Å². The van der Waals surface area contributed by atoms with E-state index in [1.807, 2.05) is 0 Å². The second-order valence-corrected chi connectivity index (χ2v) is 8.05. The summed E-state index contributed by atoms with van der Waals surface area (Å²) in [6.07, 6.45) is 1.02. The van der Waals surface area contributed by atoms with Gasteiger partial charge in [0.25, 0.3) is 0 Å². The molecule has 0 aromatic heterocycles.